The maximum atomic E-state index is 12.8. The smallest absolute Gasteiger partial charge is 0.294 e. The first-order valence-corrected chi connectivity index (χ1v) is 11.6. The van der Waals surface area contributed by atoms with E-state index in [1.165, 1.54) is 7.11 Å². The fourth-order valence-electron chi connectivity index (χ4n) is 3.06. The number of carbonyl (C=O) groups excluding carboxylic acids is 3. The number of hydrogen-bond donors (Lipinski definition) is 1. The highest BCUT2D eigenvalue weighted by molar-refractivity contribution is 8.18. The first-order valence-electron chi connectivity index (χ1n) is 10.4. The molecular weight excluding hydrogens is 464 g/mol. The summed E-state index contributed by atoms with van der Waals surface area (Å²) in [6, 6.07) is 10.6. The monoisotopic (exact) mass is 488 g/mol. The summed E-state index contributed by atoms with van der Waals surface area (Å²) in [5, 5.41) is 2.55. The summed E-state index contributed by atoms with van der Waals surface area (Å²) in [5.74, 6) is -0.151. The molecule has 2 aromatic rings. The van der Waals surface area contributed by atoms with Gasteiger partial charge in [-0.15, -0.1) is 0 Å². The third-order valence-electron chi connectivity index (χ3n) is 5.04. The van der Waals surface area contributed by atoms with Gasteiger partial charge >= 0.3 is 0 Å². The van der Waals surface area contributed by atoms with E-state index in [-0.39, 0.29) is 17.6 Å². The number of nitrogens with one attached hydrogen (secondary N) is 1. The van der Waals surface area contributed by atoms with Crippen LogP contribution in [0.4, 0.5) is 10.5 Å². The Labute approximate surface area is 202 Å². The molecule has 1 atom stereocenters. The van der Waals surface area contributed by atoms with Crippen LogP contribution in [0.3, 0.4) is 0 Å². The van der Waals surface area contributed by atoms with Crippen molar-refractivity contribution >= 4 is 52.2 Å². The van der Waals surface area contributed by atoms with Crippen LogP contribution in [0.15, 0.2) is 41.3 Å². The van der Waals surface area contributed by atoms with E-state index in [0.29, 0.717) is 27.8 Å². The Morgan fingerprint density at radius 2 is 2.00 bits per heavy atom. The Bertz CT molecular complexity index is 1120. The molecule has 1 fully saturated rings. The van der Waals surface area contributed by atoms with Crippen LogP contribution < -0.4 is 14.8 Å². The lowest BCUT2D eigenvalue weighted by Gasteiger charge is -2.17. The molecule has 0 aliphatic carbocycles. The zero-order valence-electron chi connectivity index (χ0n) is 18.8. The molecule has 33 heavy (non-hydrogen) atoms. The molecule has 0 saturated carbocycles. The van der Waals surface area contributed by atoms with Crippen molar-refractivity contribution in [3.63, 3.8) is 0 Å². The number of nitrogens with zero attached hydrogens (tertiary/aromatic N) is 1. The number of benzene rings is 2. The maximum Gasteiger partial charge on any atom is 0.294 e. The number of thioether (sulfide) groups is 1. The second-order valence-corrected chi connectivity index (χ2v) is 8.90. The van der Waals surface area contributed by atoms with E-state index in [0.717, 1.165) is 28.6 Å². The number of halogens is 1. The lowest BCUT2D eigenvalue weighted by molar-refractivity contribution is -0.127. The average molecular weight is 489 g/mol. The van der Waals surface area contributed by atoms with E-state index in [1.54, 1.807) is 30.3 Å². The Kier molecular flexibility index (Phi) is 8.05. The normalized spacial score (nSPS) is 15.7. The molecule has 1 N–H and O–H groups in total. The third-order valence-corrected chi connectivity index (χ3v) is 6.23. The third kappa shape index (κ3) is 5.89. The molecule has 2 aromatic carbocycles. The molecular formula is C24H25ClN2O5S. The molecule has 7 nitrogen and oxygen atoms in total. The molecule has 0 bridgehead atoms. The van der Waals surface area contributed by atoms with Crippen molar-refractivity contribution in [1.29, 1.82) is 0 Å². The predicted molar refractivity (Wildman–Crippen MR) is 131 cm³/mol. The number of carbonyl (C=O) groups is 3. The van der Waals surface area contributed by atoms with Gasteiger partial charge in [-0.05, 0) is 67.4 Å². The maximum absolute atomic E-state index is 12.8. The minimum atomic E-state index is -0.542. The van der Waals surface area contributed by atoms with Gasteiger partial charge in [0.05, 0.1) is 23.1 Å². The van der Waals surface area contributed by atoms with Crippen LogP contribution in [0, 0.1) is 6.92 Å². The molecule has 3 rings (SSSR count). The minimum Gasteiger partial charge on any atom is -0.493 e. The van der Waals surface area contributed by atoms with Crippen LogP contribution in [-0.2, 0) is 9.59 Å². The summed E-state index contributed by atoms with van der Waals surface area (Å²) in [7, 11) is 1.50. The first kappa shape index (κ1) is 24.7. The number of methoxy groups -OCH3 is 1. The van der Waals surface area contributed by atoms with Crippen molar-refractivity contribution in [2.45, 2.75) is 33.3 Å². The van der Waals surface area contributed by atoms with Gasteiger partial charge in [0.2, 0.25) is 5.91 Å². The molecule has 0 aromatic heterocycles. The Morgan fingerprint density at radius 3 is 2.67 bits per heavy atom. The van der Waals surface area contributed by atoms with E-state index in [4.69, 9.17) is 21.1 Å². The molecule has 1 saturated heterocycles. The number of imide groups is 1. The van der Waals surface area contributed by atoms with Gasteiger partial charge in [0.25, 0.3) is 11.1 Å². The summed E-state index contributed by atoms with van der Waals surface area (Å²) in [6.07, 6.45) is 2.29. The van der Waals surface area contributed by atoms with Crippen LogP contribution in [0.1, 0.15) is 31.4 Å². The zero-order chi connectivity index (χ0) is 24.1. The largest absolute Gasteiger partial charge is 0.493 e. The quantitative estimate of drug-likeness (QED) is 0.493. The van der Waals surface area contributed by atoms with E-state index >= 15 is 0 Å². The van der Waals surface area contributed by atoms with Crippen LogP contribution >= 0.6 is 23.4 Å². The van der Waals surface area contributed by atoms with E-state index in [2.05, 4.69) is 5.32 Å². The van der Waals surface area contributed by atoms with Gasteiger partial charge in [-0.2, -0.15) is 0 Å². The SMILES string of the molecule is CC[C@H](C)Oc1c(Cl)cc(/C=C2\SC(=O)N(CC(=O)Nc3ccccc3C)C2=O)cc1OC. The van der Waals surface area contributed by atoms with Gasteiger partial charge in [-0.1, -0.05) is 36.7 Å². The highest BCUT2D eigenvalue weighted by atomic mass is 35.5. The lowest BCUT2D eigenvalue weighted by Crippen LogP contribution is -2.36. The summed E-state index contributed by atoms with van der Waals surface area (Å²) in [5.41, 5.74) is 2.08. The van der Waals surface area contributed by atoms with Gasteiger partial charge in [-0.25, -0.2) is 0 Å². The molecule has 3 amide bonds. The second-order valence-electron chi connectivity index (χ2n) is 7.50. The Hall–Kier alpha value is -2.97. The molecule has 0 spiro atoms. The highest BCUT2D eigenvalue weighted by Gasteiger charge is 2.36. The number of amides is 3. The first-order chi connectivity index (χ1) is 15.7. The molecule has 0 unspecified atom stereocenters. The standard InChI is InChI=1S/C24H25ClN2O5S/c1-5-15(3)32-22-17(25)10-16(11-19(22)31-4)12-20-23(29)27(24(30)33-20)13-21(28)26-18-9-7-6-8-14(18)2/h6-12,15H,5,13H2,1-4H3,(H,26,28)/b20-12-/t15-/m0/s1. The van der Waals surface area contributed by atoms with E-state index < -0.39 is 17.1 Å². The van der Waals surface area contributed by atoms with Gasteiger partial charge in [0.1, 0.15) is 6.54 Å². The molecule has 1 aliphatic heterocycles. The molecule has 1 heterocycles. The fraction of sp³-hybridized carbons (Fsp3) is 0.292. The van der Waals surface area contributed by atoms with Crippen molar-refractivity contribution < 1.29 is 23.9 Å². The number of ether oxygens (including phenoxy) is 2. The lowest BCUT2D eigenvalue weighted by atomic mass is 10.1. The second kappa shape index (κ2) is 10.8. The van der Waals surface area contributed by atoms with Gasteiger partial charge in [-0.3, -0.25) is 19.3 Å². The van der Waals surface area contributed by atoms with Gasteiger partial charge in [0, 0.05) is 5.69 Å². The number of rotatable bonds is 8. The predicted octanol–water partition coefficient (Wildman–Crippen LogP) is 5.51. The van der Waals surface area contributed by atoms with Crippen molar-refractivity contribution in [2.75, 3.05) is 19.0 Å². The number of para-hydroxylation sites is 1. The Morgan fingerprint density at radius 1 is 1.27 bits per heavy atom. The summed E-state index contributed by atoms with van der Waals surface area (Å²) < 4.78 is 11.2. The van der Waals surface area contributed by atoms with E-state index in [9.17, 15) is 14.4 Å². The number of anilines is 1. The van der Waals surface area contributed by atoms with Gasteiger partial charge < -0.3 is 14.8 Å². The summed E-state index contributed by atoms with van der Waals surface area (Å²) in [6.45, 7) is 5.41. The van der Waals surface area contributed by atoms with Crippen LogP contribution in [0.25, 0.3) is 6.08 Å². The molecule has 0 radical (unpaired) electrons. The summed E-state index contributed by atoms with van der Waals surface area (Å²) in [4.78, 5) is 38.8. The Balaban J connectivity index is 1.77. The number of hydrogen-bond acceptors (Lipinski definition) is 6. The van der Waals surface area contributed by atoms with Crippen LogP contribution in [0.2, 0.25) is 5.02 Å². The average Bonchev–Trinajstić information content (AvgIpc) is 3.04. The molecule has 9 heteroatoms. The summed E-state index contributed by atoms with van der Waals surface area (Å²) >= 11 is 7.17. The van der Waals surface area contributed by atoms with Crippen molar-refractivity contribution in [1.82, 2.24) is 4.90 Å². The van der Waals surface area contributed by atoms with E-state index in [1.807, 2.05) is 32.9 Å². The highest BCUT2D eigenvalue weighted by Crippen LogP contribution is 2.39. The number of aryl methyl sites for hydroxylation is 1. The van der Waals surface area contributed by atoms with Crippen molar-refractivity contribution in [3.8, 4) is 11.5 Å². The zero-order valence-corrected chi connectivity index (χ0v) is 20.4. The minimum absolute atomic E-state index is 0.0513. The van der Waals surface area contributed by atoms with Crippen LogP contribution in [-0.4, -0.2) is 41.7 Å². The molecule has 1 aliphatic rings. The van der Waals surface area contributed by atoms with Gasteiger partial charge in [0.15, 0.2) is 11.5 Å². The van der Waals surface area contributed by atoms with Crippen molar-refractivity contribution in [2.24, 2.45) is 0 Å². The van der Waals surface area contributed by atoms with Crippen LogP contribution in [0.5, 0.6) is 11.5 Å². The topological polar surface area (TPSA) is 84.9 Å². The molecule has 174 valence electrons. The fourth-order valence-corrected chi connectivity index (χ4v) is 4.16. The van der Waals surface area contributed by atoms with Crippen molar-refractivity contribution in [3.05, 3.63) is 57.5 Å².